The van der Waals surface area contributed by atoms with Crippen molar-refractivity contribution in [1.29, 1.82) is 0 Å². The third kappa shape index (κ3) is 2.09. The van der Waals surface area contributed by atoms with Crippen molar-refractivity contribution in [3.63, 3.8) is 0 Å². The average Bonchev–Trinajstić information content (AvgIpc) is 2.81. The zero-order chi connectivity index (χ0) is 14.3. The van der Waals surface area contributed by atoms with Crippen molar-refractivity contribution in [2.45, 2.75) is 31.7 Å². The standard InChI is InChI=1S/C13H17N5O2/c1-7-4-8(2-3-15-7)10-5-11(19)17-13-9(12(14)20)6-16-18(10)13/h5-8,15H,2-4H2,1H3,(H2,14,20)(H,17,19)/t7-,8+/m0/s1. The largest absolute Gasteiger partial charge is 0.365 e. The molecule has 3 rings (SSSR count). The molecule has 7 nitrogen and oxygen atoms in total. The lowest BCUT2D eigenvalue weighted by molar-refractivity contribution is 0.100. The fourth-order valence-electron chi connectivity index (χ4n) is 2.88. The van der Waals surface area contributed by atoms with Crippen LogP contribution in [0.15, 0.2) is 17.1 Å². The van der Waals surface area contributed by atoms with Gasteiger partial charge in [-0.2, -0.15) is 5.10 Å². The van der Waals surface area contributed by atoms with Crippen LogP contribution in [0.3, 0.4) is 0 Å². The van der Waals surface area contributed by atoms with Gasteiger partial charge in [0.05, 0.1) is 11.9 Å². The molecule has 2 atom stereocenters. The second kappa shape index (κ2) is 4.75. The summed E-state index contributed by atoms with van der Waals surface area (Å²) >= 11 is 0. The number of carbonyl (C=O) groups excluding carboxylic acids is 1. The molecule has 0 bridgehead atoms. The maximum Gasteiger partial charge on any atom is 0.254 e. The molecular weight excluding hydrogens is 258 g/mol. The smallest absolute Gasteiger partial charge is 0.254 e. The van der Waals surface area contributed by atoms with Crippen molar-refractivity contribution >= 4 is 11.6 Å². The fraction of sp³-hybridized carbons (Fsp3) is 0.462. The summed E-state index contributed by atoms with van der Waals surface area (Å²) in [7, 11) is 0. The molecule has 4 N–H and O–H groups in total. The highest BCUT2D eigenvalue weighted by atomic mass is 16.1. The quantitative estimate of drug-likeness (QED) is 0.716. The zero-order valence-electron chi connectivity index (χ0n) is 11.2. The van der Waals surface area contributed by atoms with Crippen LogP contribution in [0, 0.1) is 0 Å². The van der Waals surface area contributed by atoms with E-state index in [-0.39, 0.29) is 17.0 Å². The highest BCUT2D eigenvalue weighted by Gasteiger charge is 2.24. The van der Waals surface area contributed by atoms with Gasteiger partial charge in [0, 0.05) is 18.0 Å². The summed E-state index contributed by atoms with van der Waals surface area (Å²) in [6.45, 7) is 3.03. The number of nitrogens with two attached hydrogens (primary N) is 1. The Balaban J connectivity index is 2.15. The highest BCUT2D eigenvalue weighted by Crippen LogP contribution is 2.27. The molecule has 1 aliphatic rings. The normalized spacial score (nSPS) is 23.1. The van der Waals surface area contributed by atoms with E-state index in [4.69, 9.17) is 5.73 Å². The summed E-state index contributed by atoms with van der Waals surface area (Å²) in [5, 5.41) is 7.58. The summed E-state index contributed by atoms with van der Waals surface area (Å²) in [5.74, 6) is -0.344. The molecule has 0 aliphatic carbocycles. The first-order valence-electron chi connectivity index (χ1n) is 6.70. The molecule has 3 heterocycles. The van der Waals surface area contributed by atoms with Gasteiger partial charge < -0.3 is 16.0 Å². The molecule has 0 spiro atoms. The minimum Gasteiger partial charge on any atom is -0.365 e. The van der Waals surface area contributed by atoms with Gasteiger partial charge in [0.1, 0.15) is 11.2 Å². The Morgan fingerprint density at radius 1 is 1.55 bits per heavy atom. The van der Waals surface area contributed by atoms with Crippen LogP contribution in [0.2, 0.25) is 0 Å². The van der Waals surface area contributed by atoms with E-state index < -0.39 is 5.91 Å². The van der Waals surface area contributed by atoms with Gasteiger partial charge in [-0.05, 0) is 26.3 Å². The highest BCUT2D eigenvalue weighted by molar-refractivity contribution is 5.98. The van der Waals surface area contributed by atoms with Gasteiger partial charge in [-0.25, -0.2) is 4.52 Å². The van der Waals surface area contributed by atoms with Crippen molar-refractivity contribution in [2.24, 2.45) is 5.73 Å². The summed E-state index contributed by atoms with van der Waals surface area (Å²) in [6, 6.07) is 1.96. The number of amides is 1. The van der Waals surface area contributed by atoms with Crippen LogP contribution in [0.1, 0.15) is 41.7 Å². The van der Waals surface area contributed by atoms with Gasteiger partial charge in [-0.3, -0.25) is 9.59 Å². The van der Waals surface area contributed by atoms with Gasteiger partial charge in [0.25, 0.3) is 11.5 Å². The minimum atomic E-state index is -0.591. The molecule has 7 heteroatoms. The number of H-pyrrole nitrogens is 1. The van der Waals surface area contributed by atoms with Crippen molar-refractivity contribution in [2.75, 3.05) is 6.54 Å². The van der Waals surface area contributed by atoms with E-state index in [1.54, 1.807) is 10.6 Å². The van der Waals surface area contributed by atoms with Gasteiger partial charge in [0.2, 0.25) is 0 Å². The molecule has 0 unspecified atom stereocenters. The number of aromatic nitrogens is 3. The lowest BCUT2D eigenvalue weighted by atomic mass is 9.90. The molecule has 1 fully saturated rings. The topological polar surface area (TPSA) is 105 Å². The third-order valence-corrected chi connectivity index (χ3v) is 3.84. The SMILES string of the molecule is C[C@H]1C[C@H](c2cc(=O)[nH]c3c(C(N)=O)cnn23)CCN1. The number of hydrogen-bond donors (Lipinski definition) is 3. The molecule has 106 valence electrons. The first-order chi connectivity index (χ1) is 9.56. The van der Waals surface area contributed by atoms with Crippen molar-refractivity contribution < 1.29 is 4.79 Å². The van der Waals surface area contributed by atoms with Crippen LogP contribution in [0.4, 0.5) is 0 Å². The van der Waals surface area contributed by atoms with Crippen LogP contribution >= 0.6 is 0 Å². The summed E-state index contributed by atoms with van der Waals surface area (Å²) < 4.78 is 1.63. The van der Waals surface area contributed by atoms with Crippen LogP contribution < -0.4 is 16.6 Å². The molecule has 1 aliphatic heterocycles. The summed E-state index contributed by atoms with van der Waals surface area (Å²) in [6.07, 6.45) is 3.28. The Bertz CT molecular complexity index is 717. The number of carbonyl (C=O) groups is 1. The van der Waals surface area contributed by atoms with Crippen LogP contribution in [0.25, 0.3) is 5.65 Å². The molecule has 0 radical (unpaired) electrons. The second-order valence-corrected chi connectivity index (χ2v) is 5.32. The van der Waals surface area contributed by atoms with Crippen molar-refractivity contribution in [3.05, 3.63) is 33.9 Å². The Morgan fingerprint density at radius 3 is 3.05 bits per heavy atom. The lowest BCUT2D eigenvalue weighted by Gasteiger charge is -2.28. The van der Waals surface area contributed by atoms with E-state index in [2.05, 4.69) is 22.3 Å². The summed E-state index contributed by atoms with van der Waals surface area (Å²) in [5.41, 5.74) is 6.53. The molecule has 1 amide bonds. The molecule has 2 aromatic rings. The van der Waals surface area contributed by atoms with Crippen molar-refractivity contribution in [1.82, 2.24) is 19.9 Å². The predicted molar refractivity (Wildman–Crippen MR) is 73.8 cm³/mol. The maximum absolute atomic E-state index is 11.8. The van der Waals surface area contributed by atoms with Crippen molar-refractivity contribution in [3.8, 4) is 0 Å². The van der Waals surface area contributed by atoms with Gasteiger partial charge in [0.15, 0.2) is 0 Å². The number of hydrogen-bond acceptors (Lipinski definition) is 4. The summed E-state index contributed by atoms with van der Waals surface area (Å²) in [4.78, 5) is 25.8. The number of fused-ring (bicyclic) bond motifs is 1. The fourth-order valence-corrected chi connectivity index (χ4v) is 2.88. The third-order valence-electron chi connectivity index (χ3n) is 3.84. The Kier molecular flexibility index (Phi) is 3.06. The molecular formula is C13H17N5O2. The number of piperidine rings is 1. The van der Waals surface area contributed by atoms with Gasteiger partial charge in [-0.15, -0.1) is 0 Å². The Hall–Kier alpha value is -2.15. The van der Waals surface area contributed by atoms with E-state index >= 15 is 0 Å². The van der Waals surface area contributed by atoms with E-state index in [1.165, 1.54) is 6.20 Å². The Labute approximate surface area is 115 Å². The molecule has 0 saturated carbocycles. The number of primary amides is 1. The monoisotopic (exact) mass is 275 g/mol. The first kappa shape index (κ1) is 12.9. The van der Waals surface area contributed by atoms with E-state index in [0.29, 0.717) is 11.7 Å². The number of rotatable bonds is 2. The number of nitrogens with zero attached hydrogens (tertiary/aromatic N) is 2. The van der Waals surface area contributed by atoms with Crippen LogP contribution in [-0.2, 0) is 0 Å². The van der Waals surface area contributed by atoms with E-state index in [9.17, 15) is 9.59 Å². The first-order valence-corrected chi connectivity index (χ1v) is 6.70. The van der Waals surface area contributed by atoms with Gasteiger partial charge in [-0.1, -0.05) is 0 Å². The van der Waals surface area contributed by atoms with Crippen LogP contribution in [0.5, 0.6) is 0 Å². The maximum atomic E-state index is 11.8. The Morgan fingerprint density at radius 2 is 2.35 bits per heavy atom. The van der Waals surface area contributed by atoms with Crippen LogP contribution in [-0.4, -0.2) is 33.1 Å². The number of aromatic amines is 1. The minimum absolute atomic E-state index is 0.235. The predicted octanol–water partition coefficient (Wildman–Crippen LogP) is -0.0230. The van der Waals surface area contributed by atoms with E-state index in [1.807, 2.05) is 0 Å². The zero-order valence-corrected chi connectivity index (χ0v) is 11.2. The molecule has 20 heavy (non-hydrogen) atoms. The van der Waals surface area contributed by atoms with E-state index in [0.717, 1.165) is 25.1 Å². The average molecular weight is 275 g/mol. The second-order valence-electron chi connectivity index (χ2n) is 5.32. The van der Waals surface area contributed by atoms with Gasteiger partial charge >= 0.3 is 0 Å². The molecule has 2 aromatic heterocycles. The number of nitrogens with one attached hydrogen (secondary N) is 2. The lowest BCUT2D eigenvalue weighted by Crippen LogP contribution is -2.35. The molecule has 1 saturated heterocycles. The molecule has 0 aromatic carbocycles.